The summed E-state index contributed by atoms with van der Waals surface area (Å²) in [7, 11) is 0. The molecule has 0 unspecified atom stereocenters. The number of carbonyl (C=O) groups excluding carboxylic acids is 1. The highest BCUT2D eigenvalue weighted by Crippen LogP contribution is 2.08. The van der Waals surface area contributed by atoms with Crippen molar-refractivity contribution < 1.29 is 4.79 Å². The van der Waals surface area contributed by atoms with Crippen LogP contribution in [0.15, 0.2) is 24.3 Å². The number of hydrogen-bond acceptors (Lipinski definition) is 1. The smallest absolute Gasteiger partial charge is 0.251 e. The average Bonchev–Trinajstić information content (AvgIpc) is 2.28. The minimum absolute atomic E-state index is 0.0312. The van der Waals surface area contributed by atoms with Crippen LogP contribution in [0.4, 0.5) is 0 Å². The van der Waals surface area contributed by atoms with Gasteiger partial charge in [-0.05, 0) is 31.0 Å². The van der Waals surface area contributed by atoms with E-state index < -0.39 is 0 Å². The largest absolute Gasteiger partial charge is 0.350 e. The standard InChI is InChI=1S/C12H16ClNO/c1-3-9(2)14-12(15)11-6-4-5-10(7-11)8-13/h4-7,9H,3,8H2,1-2H3,(H,14,15)/t9-/m1/s1. The van der Waals surface area contributed by atoms with Gasteiger partial charge in [0.2, 0.25) is 0 Å². The monoisotopic (exact) mass is 225 g/mol. The molecule has 0 aliphatic rings. The summed E-state index contributed by atoms with van der Waals surface area (Å²) in [5, 5.41) is 2.92. The Morgan fingerprint density at radius 1 is 1.53 bits per heavy atom. The van der Waals surface area contributed by atoms with Crippen LogP contribution in [-0.2, 0) is 5.88 Å². The topological polar surface area (TPSA) is 29.1 Å². The minimum atomic E-state index is -0.0312. The molecule has 0 saturated heterocycles. The SMILES string of the molecule is CC[C@@H](C)NC(=O)c1cccc(CCl)c1. The molecule has 1 atom stereocenters. The highest BCUT2D eigenvalue weighted by Gasteiger charge is 2.08. The van der Waals surface area contributed by atoms with E-state index in [4.69, 9.17) is 11.6 Å². The van der Waals surface area contributed by atoms with Crippen LogP contribution < -0.4 is 5.32 Å². The van der Waals surface area contributed by atoms with Crippen LogP contribution in [-0.4, -0.2) is 11.9 Å². The lowest BCUT2D eigenvalue weighted by Gasteiger charge is -2.11. The van der Waals surface area contributed by atoms with E-state index in [2.05, 4.69) is 5.32 Å². The van der Waals surface area contributed by atoms with Crippen molar-refractivity contribution in [2.75, 3.05) is 0 Å². The summed E-state index contributed by atoms with van der Waals surface area (Å²) in [6.45, 7) is 4.03. The van der Waals surface area contributed by atoms with Crippen molar-refractivity contribution in [2.45, 2.75) is 32.2 Å². The van der Waals surface area contributed by atoms with Crippen molar-refractivity contribution in [3.8, 4) is 0 Å². The Kier molecular flexibility index (Phi) is 4.63. The van der Waals surface area contributed by atoms with Crippen LogP contribution in [0, 0.1) is 0 Å². The van der Waals surface area contributed by atoms with Gasteiger partial charge in [-0.25, -0.2) is 0 Å². The van der Waals surface area contributed by atoms with Crippen LogP contribution in [0.1, 0.15) is 36.2 Å². The van der Waals surface area contributed by atoms with Crippen LogP contribution in [0.2, 0.25) is 0 Å². The maximum absolute atomic E-state index is 11.7. The first-order valence-electron chi connectivity index (χ1n) is 5.13. The number of alkyl halides is 1. The van der Waals surface area contributed by atoms with Crippen LogP contribution in [0.5, 0.6) is 0 Å². The molecule has 0 aliphatic heterocycles. The summed E-state index contributed by atoms with van der Waals surface area (Å²) >= 11 is 5.70. The summed E-state index contributed by atoms with van der Waals surface area (Å²) in [5.74, 6) is 0.404. The summed E-state index contributed by atoms with van der Waals surface area (Å²) < 4.78 is 0. The van der Waals surface area contributed by atoms with Crippen LogP contribution in [0.3, 0.4) is 0 Å². The van der Waals surface area contributed by atoms with E-state index in [0.717, 1.165) is 12.0 Å². The van der Waals surface area contributed by atoms with Crippen LogP contribution >= 0.6 is 11.6 Å². The molecule has 2 nitrogen and oxygen atoms in total. The Hall–Kier alpha value is -1.02. The van der Waals surface area contributed by atoms with Crippen molar-refractivity contribution in [2.24, 2.45) is 0 Å². The third-order valence-corrected chi connectivity index (χ3v) is 2.64. The van der Waals surface area contributed by atoms with Gasteiger partial charge in [-0.15, -0.1) is 11.6 Å². The van der Waals surface area contributed by atoms with Crippen molar-refractivity contribution in [3.05, 3.63) is 35.4 Å². The normalized spacial score (nSPS) is 12.2. The van der Waals surface area contributed by atoms with Crippen molar-refractivity contribution in [1.29, 1.82) is 0 Å². The van der Waals surface area contributed by atoms with E-state index in [1.807, 2.05) is 32.0 Å². The Labute approximate surface area is 95.6 Å². The van der Waals surface area contributed by atoms with E-state index in [1.54, 1.807) is 6.07 Å². The zero-order valence-electron chi connectivity index (χ0n) is 9.09. The maximum atomic E-state index is 11.7. The molecule has 0 fully saturated rings. The van der Waals surface area contributed by atoms with Gasteiger partial charge in [0, 0.05) is 17.5 Å². The van der Waals surface area contributed by atoms with Gasteiger partial charge in [-0.2, -0.15) is 0 Å². The summed E-state index contributed by atoms with van der Waals surface area (Å²) in [6, 6.07) is 7.59. The van der Waals surface area contributed by atoms with Gasteiger partial charge < -0.3 is 5.32 Å². The van der Waals surface area contributed by atoms with Gasteiger partial charge in [0.15, 0.2) is 0 Å². The number of benzene rings is 1. The Bertz CT molecular complexity index is 338. The third-order valence-electron chi connectivity index (χ3n) is 2.33. The molecular weight excluding hydrogens is 210 g/mol. The highest BCUT2D eigenvalue weighted by atomic mass is 35.5. The fraction of sp³-hybridized carbons (Fsp3) is 0.417. The van der Waals surface area contributed by atoms with Gasteiger partial charge in [0.05, 0.1) is 0 Å². The Morgan fingerprint density at radius 2 is 2.27 bits per heavy atom. The second kappa shape index (κ2) is 5.76. The molecule has 1 aromatic carbocycles. The van der Waals surface area contributed by atoms with E-state index in [0.29, 0.717) is 11.4 Å². The molecule has 82 valence electrons. The minimum Gasteiger partial charge on any atom is -0.350 e. The fourth-order valence-corrected chi connectivity index (χ4v) is 1.37. The predicted molar refractivity (Wildman–Crippen MR) is 63.2 cm³/mol. The molecule has 1 rings (SSSR count). The first-order valence-corrected chi connectivity index (χ1v) is 5.66. The molecule has 1 aromatic rings. The molecule has 15 heavy (non-hydrogen) atoms. The highest BCUT2D eigenvalue weighted by molar-refractivity contribution is 6.17. The summed E-state index contributed by atoms with van der Waals surface area (Å²) in [6.07, 6.45) is 0.931. The average molecular weight is 226 g/mol. The van der Waals surface area contributed by atoms with Crippen molar-refractivity contribution in [1.82, 2.24) is 5.32 Å². The molecule has 3 heteroatoms. The Balaban J connectivity index is 2.73. The van der Waals surface area contributed by atoms with Gasteiger partial charge in [-0.3, -0.25) is 4.79 Å². The Morgan fingerprint density at radius 3 is 2.87 bits per heavy atom. The number of hydrogen-bond donors (Lipinski definition) is 1. The first-order chi connectivity index (χ1) is 7.17. The summed E-state index contributed by atoms with van der Waals surface area (Å²) in [5.41, 5.74) is 1.64. The second-order valence-electron chi connectivity index (χ2n) is 3.62. The van der Waals surface area contributed by atoms with E-state index >= 15 is 0 Å². The molecule has 0 saturated carbocycles. The predicted octanol–water partition coefficient (Wildman–Crippen LogP) is 2.95. The molecular formula is C12H16ClNO. The quantitative estimate of drug-likeness (QED) is 0.785. The van der Waals surface area contributed by atoms with Crippen molar-refractivity contribution >= 4 is 17.5 Å². The first kappa shape index (κ1) is 12.1. The van der Waals surface area contributed by atoms with E-state index in [1.165, 1.54) is 0 Å². The summed E-state index contributed by atoms with van der Waals surface area (Å²) in [4.78, 5) is 11.7. The van der Waals surface area contributed by atoms with E-state index in [-0.39, 0.29) is 11.9 Å². The maximum Gasteiger partial charge on any atom is 0.251 e. The van der Waals surface area contributed by atoms with E-state index in [9.17, 15) is 4.79 Å². The number of rotatable bonds is 4. The molecule has 0 radical (unpaired) electrons. The second-order valence-corrected chi connectivity index (χ2v) is 3.88. The van der Waals surface area contributed by atoms with Crippen molar-refractivity contribution in [3.63, 3.8) is 0 Å². The zero-order valence-corrected chi connectivity index (χ0v) is 9.84. The number of carbonyl (C=O) groups is 1. The van der Waals surface area contributed by atoms with Gasteiger partial charge in [-0.1, -0.05) is 19.1 Å². The van der Waals surface area contributed by atoms with Crippen LogP contribution in [0.25, 0.3) is 0 Å². The molecule has 0 aliphatic carbocycles. The molecule has 0 heterocycles. The lowest BCUT2D eigenvalue weighted by atomic mass is 10.1. The lowest BCUT2D eigenvalue weighted by Crippen LogP contribution is -2.31. The van der Waals surface area contributed by atoms with Gasteiger partial charge >= 0.3 is 0 Å². The number of nitrogens with one attached hydrogen (secondary N) is 1. The fourth-order valence-electron chi connectivity index (χ4n) is 1.20. The van der Waals surface area contributed by atoms with Gasteiger partial charge in [0.25, 0.3) is 5.91 Å². The lowest BCUT2D eigenvalue weighted by molar-refractivity contribution is 0.0939. The molecule has 0 bridgehead atoms. The third kappa shape index (κ3) is 3.56. The molecule has 0 spiro atoms. The number of halogens is 1. The molecule has 0 aromatic heterocycles. The zero-order chi connectivity index (χ0) is 11.3. The number of amides is 1. The molecule has 1 N–H and O–H groups in total. The van der Waals surface area contributed by atoms with Gasteiger partial charge in [0.1, 0.15) is 0 Å². The molecule has 1 amide bonds.